The minimum Gasteiger partial charge on any atom is -0.497 e. The normalized spacial score (nSPS) is 18.2. The number of nitrogens with zero attached hydrogens (tertiary/aromatic N) is 2. The molecule has 2 rings (SSSR count). The van der Waals surface area contributed by atoms with Gasteiger partial charge in [-0.1, -0.05) is 12.1 Å². The zero-order valence-corrected chi connectivity index (χ0v) is 12.9. The van der Waals surface area contributed by atoms with Crippen molar-refractivity contribution >= 4 is 0 Å². The highest BCUT2D eigenvalue weighted by Crippen LogP contribution is 2.22. The highest BCUT2D eigenvalue weighted by molar-refractivity contribution is 5.30. The molecule has 0 radical (unpaired) electrons. The lowest BCUT2D eigenvalue weighted by atomic mass is 10.1. The molecule has 0 aromatic heterocycles. The molecule has 1 aromatic rings. The van der Waals surface area contributed by atoms with E-state index in [0.29, 0.717) is 6.04 Å². The second kappa shape index (κ2) is 7.62. The van der Waals surface area contributed by atoms with E-state index >= 15 is 0 Å². The zero-order chi connectivity index (χ0) is 14.4. The largest absolute Gasteiger partial charge is 0.497 e. The van der Waals surface area contributed by atoms with Crippen LogP contribution in [0.5, 0.6) is 5.75 Å². The number of piperazine rings is 1. The van der Waals surface area contributed by atoms with Crippen LogP contribution in [0.3, 0.4) is 0 Å². The van der Waals surface area contributed by atoms with E-state index in [-0.39, 0.29) is 0 Å². The molecule has 0 bridgehead atoms. The fourth-order valence-corrected chi connectivity index (χ4v) is 2.58. The van der Waals surface area contributed by atoms with E-state index < -0.39 is 0 Å². The number of rotatable bonds is 6. The Morgan fingerprint density at radius 2 is 2.10 bits per heavy atom. The Labute approximate surface area is 122 Å². The van der Waals surface area contributed by atoms with Crippen LogP contribution in [0.25, 0.3) is 0 Å². The summed E-state index contributed by atoms with van der Waals surface area (Å²) in [5.74, 6) is 0.935. The molecule has 1 aliphatic heterocycles. The van der Waals surface area contributed by atoms with Crippen LogP contribution in [0.4, 0.5) is 0 Å². The van der Waals surface area contributed by atoms with Gasteiger partial charge < -0.3 is 10.1 Å². The molecule has 4 nitrogen and oxygen atoms in total. The SMILES string of the molecule is COc1cccc(C(C)N(C)CCN2CCNCC2)c1. The molecular formula is C16H27N3O. The van der Waals surface area contributed by atoms with E-state index in [9.17, 15) is 0 Å². The van der Waals surface area contributed by atoms with Gasteiger partial charge in [-0.05, 0) is 31.7 Å². The number of benzene rings is 1. The predicted octanol–water partition coefficient (Wildman–Crippen LogP) is 1.59. The van der Waals surface area contributed by atoms with Crippen LogP contribution < -0.4 is 10.1 Å². The van der Waals surface area contributed by atoms with Crippen molar-refractivity contribution in [3.05, 3.63) is 29.8 Å². The summed E-state index contributed by atoms with van der Waals surface area (Å²) in [6, 6.07) is 8.78. The fraction of sp³-hybridized carbons (Fsp3) is 0.625. The average molecular weight is 277 g/mol. The van der Waals surface area contributed by atoms with Crippen molar-refractivity contribution in [3.63, 3.8) is 0 Å². The predicted molar refractivity (Wildman–Crippen MR) is 83.3 cm³/mol. The third-order valence-corrected chi connectivity index (χ3v) is 4.22. The number of likely N-dealkylation sites (N-methyl/N-ethyl adjacent to an activating group) is 1. The monoisotopic (exact) mass is 277 g/mol. The molecule has 0 spiro atoms. The molecule has 1 aliphatic rings. The topological polar surface area (TPSA) is 27.7 Å². The smallest absolute Gasteiger partial charge is 0.119 e. The number of ether oxygens (including phenoxy) is 1. The van der Waals surface area contributed by atoms with Crippen molar-refractivity contribution in [2.24, 2.45) is 0 Å². The Kier molecular flexibility index (Phi) is 5.83. The quantitative estimate of drug-likeness (QED) is 0.855. The Morgan fingerprint density at radius 3 is 2.80 bits per heavy atom. The van der Waals surface area contributed by atoms with Gasteiger partial charge in [0.15, 0.2) is 0 Å². The van der Waals surface area contributed by atoms with Gasteiger partial charge >= 0.3 is 0 Å². The molecule has 0 saturated carbocycles. The zero-order valence-electron chi connectivity index (χ0n) is 12.9. The van der Waals surface area contributed by atoms with Crippen molar-refractivity contribution in [1.82, 2.24) is 15.1 Å². The van der Waals surface area contributed by atoms with Gasteiger partial charge in [-0.15, -0.1) is 0 Å². The summed E-state index contributed by atoms with van der Waals surface area (Å²) >= 11 is 0. The average Bonchev–Trinajstić information content (AvgIpc) is 2.53. The Morgan fingerprint density at radius 1 is 1.35 bits per heavy atom. The summed E-state index contributed by atoms with van der Waals surface area (Å²) in [6.45, 7) is 9.07. The van der Waals surface area contributed by atoms with Crippen LogP contribution in [0.2, 0.25) is 0 Å². The van der Waals surface area contributed by atoms with Crippen LogP contribution in [0, 0.1) is 0 Å². The standard InChI is InChI=1S/C16H27N3O/c1-14(15-5-4-6-16(13-15)20-3)18(2)11-12-19-9-7-17-8-10-19/h4-6,13-14,17H,7-12H2,1-3H3. The maximum absolute atomic E-state index is 5.31. The van der Waals surface area contributed by atoms with Crippen LogP contribution in [0.15, 0.2) is 24.3 Å². The highest BCUT2D eigenvalue weighted by Gasteiger charge is 2.15. The molecule has 1 atom stereocenters. The summed E-state index contributed by atoms with van der Waals surface area (Å²) in [5, 5.41) is 3.39. The van der Waals surface area contributed by atoms with Crippen molar-refractivity contribution in [2.45, 2.75) is 13.0 Å². The molecule has 0 aliphatic carbocycles. The first-order valence-electron chi connectivity index (χ1n) is 7.48. The van der Waals surface area contributed by atoms with E-state index in [4.69, 9.17) is 4.74 Å². The summed E-state index contributed by atoms with van der Waals surface area (Å²) < 4.78 is 5.31. The molecule has 1 N–H and O–H groups in total. The maximum Gasteiger partial charge on any atom is 0.119 e. The van der Waals surface area contributed by atoms with Crippen molar-refractivity contribution in [2.75, 3.05) is 53.4 Å². The van der Waals surface area contributed by atoms with E-state index in [2.05, 4.69) is 47.3 Å². The lowest BCUT2D eigenvalue weighted by Gasteiger charge is -2.31. The van der Waals surface area contributed by atoms with Gasteiger partial charge in [0.1, 0.15) is 5.75 Å². The number of hydrogen-bond acceptors (Lipinski definition) is 4. The first kappa shape index (κ1) is 15.3. The molecule has 20 heavy (non-hydrogen) atoms. The van der Waals surface area contributed by atoms with Gasteiger partial charge in [0, 0.05) is 45.3 Å². The molecule has 0 amide bonds. The summed E-state index contributed by atoms with van der Waals surface area (Å²) in [4.78, 5) is 4.95. The van der Waals surface area contributed by atoms with Gasteiger partial charge in [-0.3, -0.25) is 9.80 Å². The van der Waals surface area contributed by atoms with E-state index in [1.54, 1.807) is 7.11 Å². The molecular weight excluding hydrogens is 250 g/mol. The second-order valence-corrected chi connectivity index (χ2v) is 5.52. The van der Waals surface area contributed by atoms with Crippen LogP contribution in [0.1, 0.15) is 18.5 Å². The van der Waals surface area contributed by atoms with Crippen LogP contribution >= 0.6 is 0 Å². The maximum atomic E-state index is 5.31. The Bertz CT molecular complexity index is 404. The third-order valence-electron chi connectivity index (χ3n) is 4.22. The molecule has 112 valence electrons. The molecule has 1 aromatic carbocycles. The van der Waals surface area contributed by atoms with E-state index in [1.807, 2.05) is 6.07 Å². The van der Waals surface area contributed by atoms with Crippen molar-refractivity contribution in [1.29, 1.82) is 0 Å². The molecule has 4 heteroatoms. The highest BCUT2D eigenvalue weighted by atomic mass is 16.5. The molecule has 1 saturated heterocycles. The molecule has 1 fully saturated rings. The van der Waals surface area contributed by atoms with Gasteiger partial charge in [0.2, 0.25) is 0 Å². The summed E-state index contributed by atoms with van der Waals surface area (Å²) in [5.41, 5.74) is 1.31. The lowest BCUT2D eigenvalue weighted by Crippen LogP contribution is -2.46. The summed E-state index contributed by atoms with van der Waals surface area (Å²) in [7, 11) is 3.92. The van der Waals surface area contributed by atoms with E-state index in [1.165, 1.54) is 18.7 Å². The van der Waals surface area contributed by atoms with Gasteiger partial charge in [0.05, 0.1) is 7.11 Å². The number of nitrogens with one attached hydrogen (secondary N) is 1. The minimum atomic E-state index is 0.410. The van der Waals surface area contributed by atoms with Crippen molar-refractivity contribution in [3.8, 4) is 5.75 Å². The number of hydrogen-bond donors (Lipinski definition) is 1. The molecule has 1 unspecified atom stereocenters. The Balaban J connectivity index is 1.85. The lowest BCUT2D eigenvalue weighted by molar-refractivity contribution is 0.183. The van der Waals surface area contributed by atoms with Gasteiger partial charge in [0.25, 0.3) is 0 Å². The van der Waals surface area contributed by atoms with Crippen molar-refractivity contribution < 1.29 is 4.74 Å². The third kappa shape index (κ3) is 4.20. The van der Waals surface area contributed by atoms with Crippen LogP contribution in [-0.2, 0) is 0 Å². The second-order valence-electron chi connectivity index (χ2n) is 5.52. The van der Waals surface area contributed by atoms with Gasteiger partial charge in [-0.25, -0.2) is 0 Å². The first-order valence-corrected chi connectivity index (χ1v) is 7.48. The van der Waals surface area contributed by atoms with Crippen LogP contribution in [-0.4, -0.2) is 63.2 Å². The molecule has 1 heterocycles. The minimum absolute atomic E-state index is 0.410. The summed E-state index contributed by atoms with van der Waals surface area (Å²) in [6.07, 6.45) is 0. The first-order chi connectivity index (χ1) is 9.70. The Hall–Kier alpha value is -1.10. The van der Waals surface area contributed by atoms with Gasteiger partial charge in [-0.2, -0.15) is 0 Å². The number of methoxy groups -OCH3 is 1. The fourth-order valence-electron chi connectivity index (χ4n) is 2.58. The van der Waals surface area contributed by atoms with E-state index in [0.717, 1.165) is 31.9 Å².